The summed E-state index contributed by atoms with van der Waals surface area (Å²) in [5, 5.41) is 0. The first kappa shape index (κ1) is 32.6. The van der Waals surface area contributed by atoms with Crippen LogP contribution in [0.15, 0.2) is 52.1 Å². The van der Waals surface area contributed by atoms with Crippen LogP contribution in [-0.4, -0.2) is 30.1 Å². The van der Waals surface area contributed by atoms with Crippen molar-refractivity contribution in [2.75, 3.05) is 7.05 Å². The molecule has 0 aromatic rings. The van der Waals surface area contributed by atoms with E-state index in [0.29, 0.717) is 6.42 Å². The average Bonchev–Trinajstić information content (AvgIpc) is 2.86. The fraction of sp³-hybridized carbons (Fsp3) is 0.613. The molecule has 1 saturated carbocycles. The molecule has 2 aliphatic rings. The zero-order chi connectivity index (χ0) is 26.8. The second-order valence-corrected chi connectivity index (χ2v) is 10.0. The van der Waals surface area contributed by atoms with Crippen molar-refractivity contribution in [3.8, 4) is 0 Å². The molecule has 0 heterocycles. The van der Waals surface area contributed by atoms with Crippen molar-refractivity contribution in [2.24, 2.45) is 16.8 Å². The van der Waals surface area contributed by atoms with Crippen molar-refractivity contribution < 1.29 is 15.8 Å². The molecule has 0 saturated heterocycles. The molecule has 1 unspecified atom stereocenters. The van der Waals surface area contributed by atoms with Crippen LogP contribution >= 0.6 is 0 Å². The summed E-state index contributed by atoms with van der Waals surface area (Å²) in [6, 6.07) is 0. The molecule has 2 aliphatic carbocycles. The van der Waals surface area contributed by atoms with Gasteiger partial charge in [-0.1, -0.05) is 75.3 Å². The van der Waals surface area contributed by atoms with Crippen molar-refractivity contribution in [2.45, 2.75) is 106 Å². The van der Waals surface area contributed by atoms with E-state index in [-0.39, 0.29) is 24.7 Å². The first-order chi connectivity index (χ1) is 16.5. The van der Waals surface area contributed by atoms with Crippen molar-refractivity contribution in [1.82, 2.24) is 0 Å². The number of Topliss-reactive ketones (excluding diaryl/α,β-unsaturated/α-hetero) is 2. The Balaban J connectivity index is 0. The monoisotopic (exact) mass is 485 g/mol. The summed E-state index contributed by atoms with van der Waals surface area (Å²) in [7, 11) is 1.69. The summed E-state index contributed by atoms with van der Waals surface area (Å²) in [4.78, 5) is 37.4. The zero-order valence-corrected chi connectivity index (χ0v) is 23.6. The SMILES string of the molecule is CC(=O)CCC/C1=C/C/C(C)=C\C=C(/C)C(=O)C1C.CC1CCCCC1.CN=C(C)/C=C\C(C)=O.[HH]. The molecular weight excluding hydrogens is 434 g/mol. The maximum Gasteiger partial charge on any atom is 0.165 e. The van der Waals surface area contributed by atoms with Gasteiger partial charge in [0.15, 0.2) is 11.6 Å². The highest BCUT2D eigenvalue weighted by Crippen LogP contribution is 2.25. The minimum atomic E-state index is -0.0671. The van der Waals surface area contributed by atoms with E-state index in [1.165, 1.54) is 56.3 Å². The van der Waals surface area contributed by atoms with Crippen LogP contribution in [0, 0.1) is 11.8 Å². The number of allylic oxidation sites excluding steroid dienone is 8. The van der Waals surface area contributed by atoms with Crippen LogP contribution in [0.25, 0.3) is 0 Å². The van der Waals surface area contributed by atoms with Crippen LogP contribution in [0.2, 0.25) is 0 Å². The number of rotatable bonds is 6. The largest absolute Gasteiger partial charge is 0.300 e. The quantitative estimate of drug-likeness (QED) is 0.216. The highest BCUT2D eigenvalue weighted by molar-refractivity contribution is 5.99. The molecule has 0 spiro atoms. The van der Waals surface area contributed by atoms with Crippen LogP contribution in [0.3, 0.4) is 0 Å². The highest BCUT2D eigenvalue weighted by atomic mass is 16.1. The van der Waals surface area contributed by atoms with Crippen LogP contribution in [0.1, 0.15) is 108 Å². The summed E-state index contributed by atoms with van der Waals surface area (Å²) in [6.45, 7) is 13.3. The predicted molar refractivity (Wildman–Crippen MR) is 152 cm³/mol. The topological polar surface area (TPSA) is 63.6 Å². The molecule has 35 heavy (non-hydrogen) atoms. The zero-order valence-electron chi connectivity index (χ0n) is 23.6. The van der Waals surface area contributed by atoms with E-state index in [1.54, 1.807) is 20.0 Å². The van der Waals surface area contributed by atoms with Gasteiger partial charge in [-0.05, 0) is 77.5 Å². The maximum absolute atomic E-state index is 12.3. The van der Waals surface area contributed by atoms with E-state index in [0.717, 1.165) is 36.5 Å². The van der Waals surface area contributed by atoms with Crippen LogP contribution in [0.5, 0.6) is 0 Å². The highest BCUT2D eigenvalue weighted by Gasteiger charge is 2.19. The fourth-order valence-electron chi connectivity index (χ4n) is 3.88. The molecule has 0 bridgehead atoms. The second kappa shape index (κ2) is 18.9. The van der Waals surface area contributed by atoms with Gasteiger partial charge in [0.05, 0.1) is 0 Å². The molecule has 4 nitrogen and oxygen atoms in total. The van der Waals surface area contributed by atoms with Crippen molar-refractivity contribution >= 4 is 23.1 Å². The van der Waals surface area contributed by atoms with E-state index in [2.05, 4.69) is 24.9 Å². The Kier molecular flexibility index (Phi) is 17.6. The van der Waals surface area contributed by atoms with Crippen LogP contribution < -0.4 is 0 Å². The molecule has 0 amide bonds. The number of carbonyl (C=O) groups excluding carboxylic acids is 3. The van der Waals surface area contributed by atoms with Gasteiger partial charge in [-0.25, -0.2) is 0 Å². The molecule has 2 rings (SSSR count). The Bertz CT molecular complexity index is 840. The van der Waals surface area contributed by atoms with Crippen molar-refractivity contribution in [1.29, 1.82) is 0 Å². The van der Waals surface area contributed by atoms with E-state index >= 15 is 0 Å². The van der Waals surface area contributed by atoms with Gasteiger partial charge >= 0.3 is 0 Å². The smallest absolute Gasteiger partial charge is 0.165 e. The summed E-state index contributed by atoms with van der Waals surface area (Å²) in [5.41, 5.74) is 4.11. The molecule has 4 heteroatoms. The van der Waals surface area contributed by atoms with Gasteiger partial charge in [0.1, 0.15) is 5.78 Å². The molecule has 198 valence electrons. The molecule has 0 radical (unpaired) electrons. The lowest BCUT2D eigenvalue weighted by Gasteiger charge is -2.15. The van der Waals surface area contributed by atoms with Crippen molar-refractivity contribution in [3.63, 3.8) is 0 Å². The van der Waals surface area contributed by atoms with Gasteiger partial charge in [0.2, 0.25) is 0 Å². The lowest BCUT2D eigenvalue weighted by molar-refractivity contribution is -0.118. The Morgan fingerprint density at radius 3 is 2.14 bits per heavy atom. The maximum atomic E-state index is 12.3. The molecule has 1 fully saturated rings. The first-order valence-corrected chi connectivity index (χ1v) is 13.2. The van der Waals surface area contributed by atoms with Gasteiger partial charge in [-0.3, -0.25) is 14.6 Å². The molecule has 0 aromatic carbocycles. The summed E-state index contributed by atoms with van der Waals surface area (Å²) in [5.74, 6) is 1.43. The summed E-state index contributed by atoms with van der Waals surface area (Å²) >= 11 is 0. The van der Waals surface area contributed by atoms with E-state index < -0.39 is 0 Å². The molecule has 0 aliphatic heterocycles. The third-order valence-electron chi connectivity index (χ3n) is 6.44. The predicted octanol–water partition coefficient (Wildman–Crippen LogP) is 8.23. The number of nitrogens with zero attached hydrogens (tertiary/aromatic N) is 1. The van der Waals surface area contributed by atoms with Gasteiger partial charge in [0.25, 0.3) is 0 Å². The Hall–Kier alpha value is -2.36. The molecular formula is C31H51NO3. The third kappa shape index (κ3) is 16.8. The lowest BCUT2D eigenvalue weighted by atomic mass is 9.88. The number of carbonyl (C=O) groups is 3. The summed E-state index contributed by atoms with van der Waals surface area (Å²) in [6.07, 6.45) is 19.9. The average molecular weight is 486 g/mol. The Morgan fingerprint density at radius 2 is 1.66 bits per heavy atom. The normalized spacial score (nSPS) is 24.0. The molecule has 0 N–H and O–H groups in total. The number of ketones is 3. The number of hydrogen-bond acceptors (Lipinski definition) is 4. The minimum Gasteiger partial charge on any atom is -0.300 e. The van der Waals surface area contributed by atoms with E-state index in [1.807, 2.05) is 32.9 Å². The minimum absolute atomic E-state index is 0. The molecule has 1 atom stereocenters. The van der Waals surface area contributed by atoms with Gasteiger partial charge in [0, 0.05) is 26.5 Å². The van der Waals surface area contributed by atoms with E-state index in [4.69, 9.17) is 0 Å². The van der Waals surface area contributed by atoms with Gasteiger partial charge < -0.3 is 4.79 Å². The lowest BCUT2D eigenvalue weighted by Crippen LogP contribution is -2.14. The molecule has 0 aromatic heterocycles. The van der Waals surface area contributed by atoms with Gasteiger partial charge in [-0.15, -0.1) is 0 Å². The number of hydrogen-bond donors (Lipinski definition) is 0. The first-order valence-electron chi connectivity index (χ1n) is 13.2. The standard InChI is InChI=1S/C17H24O2.C7H11NO.C7H14.H2/c1-12-8-10-13(2)17(19)15(4)16(11-9-12)7-5-6-14(3)18;1-6(8-3)4-5-7(2)9;1-7-5-3-2-4-6-7;/h8,10-11,15H,5-7,9H2,1-4H3;4-5H,1-3H3;7H,2-6H2,1H3;1H/b12-8-,13-10+,16-11-;5-4-,8-6?;;. The van der Waals surface area contributed by atoms with Crippen LogP contribution in [-0.2, 0) is 14.4 Å². The number of aliphatic imine (C=N–C) groups is 1. The fourth-order valence-corrected chi connectivity index (χ4v) is 3.88. The second-order valence-electron chi connectivity index (χ2n) is 10.0. The Labute approximate surface area is 216 Å². The van der Waals surface area contributed by atoms with Crippen molar-refractivity contribution in [3.05, 3.63) is 47.1 Å². The van der Waals surface area contributed by atoms with Crippen LogP contribution in [0.4, 0.5) is 0 Å². The van der Waals surface area contributed by atoms with E-state index in [9.17, 15) is 14.4 Å². The van der Waals surface area contributed by atoms with Gasteiger partial charge in [-0.2, -0.15) is 0 Å². The third-order valence-corrected chi connectivity index (χ3v) is 6.44. The summed E-state index contributed by atoms with van der Waals surface area (Å²) < 4.78 is 0. The Morgan fingerprint density at radius 1 is 1.03 bits per heavy atom.